The van der Waals surface area contributed by atoms with Crippen LogP contribution in [0.3, 0.4) is 0 Å². The van der Waals surface area contributed by atoms with Gasteiger partial charge in [0.1, 0.15) is 6.61 Å². The number of hydrogen-bond donors (Lipinski definition) is 1. The smallest absolute Gasteiger partial charge is 0.420 e. The van der Waals surface area contributed by atoms with Crippen LogP contribution in [-0.4, -0.2) is 29.5 Å². The molecule has 0 fully saturated rings. The molecule has 0 heterocycles. The molecule has 1 unspecified atom stereocenters. The Morgan fingerprint density at radius 2 is 1.69 bits per heavy atom. The van der Waals surface area contributed by atoms with E-state index in [9.17, 15) is 18.0 Å². The Kier molecular flexibility index (Phi) is 4.38. The Labute approximate surface area is 92.6 Å². The van der Waals surface area contributed by atoms with Gasteiger partial charge >= 0.3 is 12.1 Å². The van der Waals surface area contributed by atoms with Gasteiger partial charge < -0.3 is 9.84 Å². The van der Waals surface area contributed by atoms with Crippen molar-refractivity contribution in [1.29, 1.82) is 0 Å². The molecule has 0 rings (SSSR count). The lowest BCUT2D eigenvalue weighted by atomic mass is 9.90. The number of carbonyl (C=O) groups is 1. The van der Waals surface area contributed by atoms with E-state index in [4.69, 9.17) is 5.11 Å². The van der Waals surface area contributed by atoms with E-state index in [0.29, 0.717) is 13.3 Å². The number of alkyl halides is 3. The Balaban J connectivity index is 4.43. The summed E-state index contributed by atoms with van der Waals surface area (Å²) in [4.78, 5) is 11.4. The number of rotatable bonds is 4. The summed E-state index contributed by atoms with van der Waals surface area (Å²) in [5.74, 6) is -0.750. The number of aliphatic hydroxyl groups is 1. The van der Waals surface area contributed by atoms with Crippen LogP contribution in [-0.2, 0) is 9.53 Å². The van der Waals surface area contributed by atoms with Gasteiger partial charge in [0.05, 0.1) is 5.41 Å². The Morgan fingerprint density at radius 1 is 1.25 bits per heavy atom. The van der Waals surface area contributed by atoms with Crippen LogP contribution >= 0.6 is 0 Å². The molecule has 0 saturated heterocycles. The lowest BCUT2D eigenvalue weighted by Crippen LogP contribution is -2.47. The van der Waals surface area contributed by atoms with Crippen molar-refractivity contribution in [1.82, 2.24) is 0 Å². The summed E-state index contributed by atoms with van der Waals surface area (Å²) in [7, 11) is 0. The third kappa shape index (κ3) is 3.66. The normalized spacial score (nSPS) is 16.8. The highest BCUT2D eigenvalue weighted by molar-refractivity contribution is 5.75. The number of halogens is 3. The minimum atomic E-state index is -4.82. The third-order valence-electron chi connectivity index (χ3n) is 2.53. The number of esters is 1. The van der Waals surface area contributed by atoms with Crippen LogP contribution in [0.5, 0.6) is 0 Å². The molecule has 1 N–H and O–H groups in total. The van der Waals surface area contributed by atoms with Crippen molar-refractivity contribution in [2.75, 3.05) is 6.61 Å². The highest BCUT2D eigenvalue weighted by Crippen LogP contribution is 2.31. The maximum atomic E-state index is 12.2. The first-order valence-electron chi connectivity index (χ1n) is 4.90. The lowest BCUT2D eigenvalue weighted by molar-refractivity contribution is -0.266. The second-order valence-corrected chi connectivity index (χ2v) is 4.59. The van der Waals surface area contributed by atoms with Crippen molar-refractivity contribution < 1.29 is 27.8 Å². The van der Waals surface area contributed by atoms with Crippen LogP contribution < -0.4 is 0 Å². The van der Waals surface area contributed by atoms with Gasteiger partial charge in [0.2, 0.25) is 0 Å². The summed E-state index contributed by atoms with van der Waals surface area (Å²) in [5.41, 5.74) is -3.85. The van der Waals surface area contributed by atoms with Gasteiger partial charge in [0, 0.05) is 0 Å². The van der Waals surface area contributed by atoms with Gasteiger partial charge in [-0.05, 0) is 27.2 Å². The van der Waals surface area contributed by atoms with Crippen LogP contribution in [0.4, 0.5) is 13.2 Å². The van der Waals surface area contributed by atoms with Crippen LogP contribution in [0.15, 0.2) is 0 Å². The van der Waals surface area contributed by atoms with Gasteiger partial charge in [0.25, 0.3) is 0 Å². The van der Waals surface area contributed by atoms with Crippen molar-refractivity contribution in [2.24, 2.45) is 5.41 Å². The topological polar surface area (TPSA) is 46.5 Å². The molecule has 0 aromatic heterocycles. The molecule has 3 nitrogen and oxygen atoms in total. The van der Waals surface area contributed by atoms with Crippen molar-refractivity contribution in [3.63, 3.8) is 0 Å². The summed E-state index contributed by atoms with van der Waals surface area (Å²) < 4.78 is 41.1. The van der Waals surface area contributed by atoms with Gasteiger partial charge in [0.15, 0.2) is 5.60 Å². The zero-order valence-corrected chi connectivity index (χ0v) is 9.81. The maximum absolute atomic E-state index is 12.2. The fourth-order valence-corrected chi connectivity index (χ4v) is 0.628. The Hall–Kier alpha value is -0.780. The first-order valence-corrected chi connectivity index (χ1v) is 4.90. The zero-order valence-electron chi connectivity index (χ0n) is 9.81. The molecule has 0 bridgehead atoms. The third-order valence-corrected chi connectivity index (χ3v) is 2.53. The largest absolute Gasteiger partial charge is 0.462 e. The van der Waals surface area contributed by atoms with Crippen molar-refractivity contribution in [3.05, 3.63) is 0 Å². The van der Waals surface area contributed by atoms with Crippen molar-refractivity contribution in [3.8, 4) is 0 Å². The predicted molar refractivity (Wildman–Crippen MR) is 51.7 cm³/mol. The molecular formula is C10H17F3O3. The Morgan fingerprint density at radius 3 is 2.00 bits per heavy atom. The first-order chi connectivity index (χ1) is 6.94. The molecule has 0 radical (unpaired) electrons. The highest BCUT2D eigenvalue weighted by Gasteiger charge is 2.51. The molecule has 0 aromatic carbocycles. The maximum Gasteiger partial charge on any atom is 0.420 e. The average Bonchev–Trinajstić information content (AvgIpc) is 2.12. The summed E-state index contributed by atoms with van der Waals surface area (Å²) >= 11 is 0. The van der Waals surface area contributed by atoms with E-state index in [2.05, 4.69) is 4.74 Å². The fourth-order valence-electron chi connectivity index (χ4n) is 0.628. The quantitative estimate of drug-likeness (QED) is 0.769. The van der Waals surface area contributed by atoms with Gasteiger partial charge in [-0.2, -0.15) is 13.2 Å². The van der Waals surface area contributed by atoms with E-state index in [0.717, 1.165) is 0 Å². The lowest BCUT2D eigenvalue weighted by Gasteiger charge is -2.28. The molecule has 6 heteroatoms. The minimum absolute atomic E-state index is 0.444. The molecular weight excluding hydrogens is 225 g/mol. The van der Waals surface area contributed by atoms with Crippen LogP contribution in [0, 0.1) is 5.41 Å². The van der Waals surface area contributed by atoms with E-state index in [1.807, 2.05) is 0 Å². The average molecular weight is 242 g/mol. The van der Waals surface area contributed by atoms with E-state index < -0.39 is 29.8 Å². The summed E-state index contributed by atoms with van der Waals surface area (Å²) in [5, 5.41) is 9.04. The first kappa shape index (κ1) is 15.2. The molecule has 0 amide bonds. The van der Waals surface area contributed by atoms with Gasteiger partial charge in [-0.25, -0.2) is 0 Å². The summed E-state index contributed by atoms with van der Waals surface area (Å²) in [6, 6.07) is 0. The van der Waals surface area contributed by atoms with Crippen LogP contribution in [0.2, 0.25) is 0 Å². The highest BCUT2D eigenvalue weighted by atomic mass is 19.4. The molecule has 0 spiro atoms. The molecule has 0 aliphatic rings. The second-order valence-electron chi connectivity index (χ2n) is 4.59. The molecule has 96 valence electrons. The van der Waals surface area contributed by atoms with Crippen LogP contribution in [0.1, 0.15) is 34.1 Å². The molecule has 1 atom stereocenters. The fraction of sp³-hybridized carbons (Fsp3) is 0.900. The molecule has 0 aromatic rings. The SMILES string of the molecule is CCC(C)(C)C(=O)OCC(C)(O)C(F)(F)F. The van der Waals surface area contributed by atoms with Crippen LogP contribution in [0.25, 0.3) is 0 Å². The van der Waals surface area contributed by atoms with E-state index in [1.54, 1.807) is 20.8 Å². The summed E-state index contributed by atoms with van der Waals surface area (Å²) in [6.45, 7) is 4.34. The van der Waals surface area contributed by atoms with E-state index in [-0.39, 0.29) is 0 Å². The minimum Gasteiger partial charge on any atom is -0.462 e. The predicted octanol–water partition coefficient (Wildman–Crippen LogP) is 2.28. The van der Waals surface area contributed by atoms with Gasteiger partial charge in [-0.15, -0.1) is 0 Å². The standard InChI is InChI=1S/C10H17F3O3/c1-5-8(2,3)7(14)16-6-9(4,15)10(11,12)13/h15H,5-6H2,1-4H3. The van der Waals surface area contributed by atoms with E-state index in [1.165, 1.54) is 0 Å². The monoisotopic (exact) mass is 242 g/mol. The Bertz CT molecular complexity index is 257. The van der Waals surface area contributed by atoms with E-state index >= 15 is 0 Å². The van der Waals surface area contributed by atoms with Crippen molar-refractivity contribution in [2.45, 2.75) is 45.9 Å². The summed E-state index contributed by atoms with van der Waals surface area (Å²) in [6.07, 6.45) is -4.37. The second kappa shape index (κ2) is 4.61. The zero-order chi connectivity index (χ0) is 13.2. The molecule has 0 aliphatic heterocycles. The molecule has 0 aliphatic carbocycles. The number of ether oxygens (including phenoxy) is 1. The van der Waals surface area contributed by atoms with Gasteiger partial charge in [-0.1, -0.05) is 6.92 Å². The molecule has 16 heavy (non-hydrogen) atoms. The number of hydrogen-bond acceptors (Lipinski definition) is 3. The van der Waals surface area contributed by atoms with Gasteiger partial charge in [-0.3, -0.25) is 4.79 Å². The molecule has 0 saturated carbocycles. The number of carbonyl (C=O) groups excluding carboxylic acids is 1. The van der Waals surface area contributed by atoms with Crippen molar-refractivity contribution >= 4 is 5.97 Å².